The lowest BCUT2D eigenvalue weighted by atomic mass is 9.82. The van der Waals surface area contributed by atoms with Crippen LogP contribution in [0.15, 0.2) is 243 Å². The number of hydrogen-bond donors (Lipinski definition) is 1. The van der Waals surface area contributed by atoms with Crippen molar-refractivity contribution in [2.24, 2.45) is 0 Å². The van der Waals surface area contributed by atoms with E-state index < -0.39 is 0 Å². The molecule has 286 valence electrons. The van der Waals surface area contributed by atoms with Gasteiger partial charge in [0.15, 0.2) is 0 Å². The minimum absolute atomic E-state index is 1.13. The SMILES string of the molecule is c1ccc(-c2ccccc2-c2ccccc2-c2ccccc2-c2ccc3c([nH]c4ccccc43)c2-c2ccccc2-c2ccccc2-c2ccccc2-c2ccccc2)cc1. The largest absolute Gasteiger partial charge is 0.354 e. The highest BCUT2D eigenvalue weighted by Crippen LogP contribution is 2.49. The van der Waals surface area contributed by atoms with Gasteiger partial charge in [0.25, 0.3) is 0 Å². The molecule has 0 amide bonds. The zero-order valence-electron chi connectivity index (χ0n) is 33.6. The summed E-state index contributed by atoms with van der Waals surface area (Å²) in [5.41, 5.74) is 21.4. The molecule has 1 heteroatoms. The van der Waals surface area contributed by atoms with Crippen molar-refractivity contribution in [3.05, 3.63) is 243 Å². The number of benzene rings is 10. The number of aromatic nitrogens is 1. The third-order valence-electron chi connectivity index (χ3n) is 12.1. The molecule has 0 saturated heterocycles. The summed E-state index contributed by atoms with van der Waals surface area (Å²) >= 11 is 0. The van der Waals surface area contributed by atoms with Crippen LogP contribution in [0.25, 0.3) is 111 Å². The Bertz CT molecular complexity index is 3350. The molecule has 0 aliphatic rings. The minimum Gasteiger partial charge on any atom is -0.354 e. The van der Waals surface area contributed by atoms with Crippen molar-refractivity contribution in [3.63, 3.8) is 0 Å². The molecule has 0 unspecified atom stereocenters. The van der Waals surface area contributed by atoms with Crippen LogP contribution in [0.3, 0.4) is 0 Å². The van der Waals surface area contributed by atoms with E-state index in [1.807, 2.05) is 0 Å². The molecule has 0 aliphatic heterocycles. The van der Waals surface area contributed by atoms with Crippen molar-refractivity contribution in [2.75, 3.05) is 0 Å². The van der Waals surface area contributed by atoms with Crippen LogP contribution in [-0.4, -0.2) is 4.98 Å². The summed E-state index contributed by atoms with van der Waals surface area (Å²) in [5.74, 6) is 0. The predicted molar refractivity (Wildman–Crippen MR) is 259 cm³/mol. The number of nitrogens with one attached hydrogen (secondary N) is 1. The predicted octanol–water partition coefficient (Wildman–Crippen LogP) is 16.7. The van der Waals surface area contributed by atoms with Crippen molar-refractivity contribution >= 4 is 21.8 Å². The van der Waals surface area contributed by atoms with Crippen molar-refractivity contribution < 1.29 is 0 Å². The van der Waals surface area contributed by atoms with Gasteiger partial charge in [-0.05, 0) is 89.5 Å². The first-order valence-electron chi connectivity index (χ1n) is 21.0. The van der Waals surface area contributed by atoms with E-state index in [0.29, 0.717) is 0 Å². The molecule has 1 nitrogen and oxygen atoms in total. The van der Waals surface area contributed by atoms with Crippen molar-refractivity contribution in [1.82, 2.24) is 4.98 Å². The molecule has 11 aromatic rings. The summed E-state index contributed by atoms with van der Waals surface area (Å²) in [6.45, 7) is 0. The smallest absolute Gasteiger partial charge is 0.0551 e. The second kappa shape index (κ2) is 15.6. The van der Waals surface area contributed by atoms with Gasteiger partial charge in [0.05, 0.1) is 5.52 Å². The first-order valence-corrected chi connectivity index (χ1v) is 21.0. The molecule has 11 rings (SSSR count). The highest BCUT2D eigenvalue weighted by atomic mass is 14.7. The lowest BCUT2D eigenvalue weighted by Gasteiger charge is -2.21. The van der Waals surface area contributed by atoms with Crippen LogP contribution in [0.4, 0.5) is 0 Å². The van der Waals surface area contributed by atoms with E-state index in [4.69, 9.17) is 0 Å². The number of aromatic amines is 1. The minimum atomic E-state index is 1.13. The third kappa shape index (κ3) is 6.45. The van der Waals surface area contributed by atoms with Gasteiger partial charge in [0.2, 0.25) is 0 Å². The van der Waals surface area contributed by atoms with Crippen molar-refractivity contribution in [2.45, 2.75) is 0 Å². The Balaban J connectivity index is 1.16. The van der Waals surface area contributed by atoms with E-state index in [1.165, 1.54) is 99.8 Å². The summed E-state index contributed by atoms with van der Waals surface area (Å²) < 4.78 is 0. The molecule has 0 aliphatic carbocycles. The monoisotopic (exact) mass is 775 g/mol. The maximum absolute atomic E-state index is 3.93. The first kappa shape index (κ1) is 36.1. The Morgan fingerprint density at radius 1 is 0.197 bits per heavy atom. The first-order chi connectivity index (χ1) is 30.3. The Morgan fingerprint density at radius 2 is 0.508 bits per heavy atom. The molecule has 10 aromatic carbocycles. The van der Waals surface area contributed by atoms with Gasteiger partial charge in [-0.1, -0.05) is 237 Å². The topological polar surface area (TPSA) is 15.8 Å². The third-order valence-corrected chi connectivity index (χ3v) is 12.1. The maximum Gasteiger partial charge on any atom is 0.0551 e. The van der Waals surface area contributed by atoms with Gasteiger partial charge in [-0.2, -0.15) is 0 Å². The summed E-state index contributed by atoms with van der Waals surface area (Å²) in [6.07, 6.45) is 0. The van der Waals surface area contributed by atoms with Crippen LogP contribution >= 0.6 is 0 Å². The van der Waals surface area contributed by atoms with E-state index in [1.54, 1.807) is 0 Å². The molecule has 1 aromatic heterocycles. The van der Waals surface area contributed by atoms with Crippen LogP contribution in [0, 0.1) is 0 Å². The summed E-state index contributed by atoms with van der Waals surface area (Å²) in [5, 5.41) is 2.43. The van der Waals surface area contributed by atoms with E-state index in [2.05, 4.69) is 248 Å². The molecule has 0 radical (unpaired) electrons. The number of hydrogen-bond acceptors (Lipinski definition) is 0. The zero-order chi connectivity index (χ0) is 40.5. The number of rotatable bonds is 8. The summed E-state index contributed by atoms with van der Waals surface area (Å²) in [4.78, 5) is 3.93. The maximum atomic E-state index is 3.93. The van der Waals surface area contributed by atoms with Gasteiger partial charge >= 0.3 is 0 Å². The van der Waals surface area contributed by atoms with E-state index in [0.717, 1.165) is 11.0 Å². The van der Waals surface area contributed by atoms with Crippen LogP contribution in [0.2, 0.25) is 0 Å². The second-order valence-electron chi connectivity index (χ2n) is 15.6. The zero-order valence-corrected chi connectivity index (χ0v) is 33.6. The molecule has 0 fully saturated rings. The average Bonchev–Trinajstić information content (AvgIpc) is 3.73. The Morgan fingerprint density at radius 3 is 0.951 bits per heavy atom. The Labute approximate surface area is 356 Å². The Kier molecular flexibility index (Phi) is 9.26. The fraction of sp³-hybridized carbons (Fsp3) is 0. The van der Waals surface area contributed by atoms with Crippen LogP contribution in [0.1, 0.15) is 0 Å². The molecular formula is C60H41N. The molecular weight excluding hydrogens is 735 g/mol. The fourth-order valence-electron chi connectivity index (χ4n) is 9.39. The van der Waals surface area contributed by atoms with Crippen molar-refractivity contribution in [3.8, 4) is 89.0 Å². The van der Waals surface area contributed by atoms with Crippen LogP contribution < -0.4 is 0 Å². The second-order valence-corrected chi connectivity index (χ2v) is 15.6. The lowest BCUT2D eigenvalue weighted by Crippen LogP contribution is -1.95. The van der Waals surface area contributed by atoms with Gasteiger partial charge in [0.1, 0.15) is 0 Å². The molecule has 0 saturated carbocycles. The van der Waals surface area contributed by atoms with Crippen LogP contribution in [-0.2, 0) is 0 Å². The molecule has 1 N–H and O–H groups in total. The molecule has 0 bridgehead atoms. The molecule has 1 heterocycles. The summed E-state index contributed by atoms with van der Waals surface area (Å²) in [6, 6.07) is 88.1. The quantitative estimate of drug-likeness (QED) is 0.158. The summed E-state index contributed by atoms with van der Waals surface area (Å²) in [7, 11) is 0. The highest BCUT2D eigenvalue weighted by Gasteiger charge is 2.23. The van der Waals surface area contributed by atoms with Gasteiger partial charge in [-0.3, -0.25) is 0 Å². The number of H-pyrrole nitrogens is 1. The van der Waals surface area contributed by atoms with Gasteiger partial charge in [0, 0.05) is 21.9 Å². The average molecular weight is 776 g/mol. The number of para-hydroxylation sites is 1. The Hall–Kier alpha value is -8.00. The molecule has 0 atom stereocenters. The lowest BCUT2D eigenvalue weighted by molar-refractivity contribution is 1.51. The number of fused-ring (bicyclic) bond motifs is 3. The molecule has 61 heavy (non-hydrogen) atoms. The normalized spacial score (nSPS) is 11.3. The van der Waals surface area contributed by atoms with E-state index in [9.17, 15) is 0 Å². The standard InChI is InChI=1S/C60H41N/c1-3-21-41(22-4-1)43-25-7-9-27-45(43)47-29-11-13-31-49(47)51-33-15-16-35-53(51)56-39-40-57-54-36-19-20-38-58(54)61-60(57)59(56)55-37-18-17-34-52(55)50-32-14-12-30-48(50)46-28-10-8-26-44(46)42-23-5-2-6-24-42/h1-40,61H. The van der Waals surface area contributed by atoms with Gasteiger partial charge in [-0.25, -0.2) is 0 Å². The molecule has 0 spiro atoms. The highest BCUT2D eigenvalue weighted by molar-refractivity contribution is 6.17. The fourth-order valence-corrected chi connectivity index (χ4v) is 9.39. The van der Waals surface area contributed by atoms with Crippen LogP contribution in [0.5, 0.6) is 0 Å². The van der Waals surface area contributed by atoms with Gasteiger partial charge in [-0.15, -0.1) is 0 Å². The van der Waals surface area contributed by atoms with E-state index >= 15 is 0 Å². The van der Waals surface area contributed by atoms with E-state index in [-0.39, 0.29) is 0 Å². The van der Waals surface area contributed by atoms with Crippen molar-refractivity contribution in [1.29, 1.82) is 0 Å². The van der Waals surface area contributed by atoms with Gasteiger partial charge < -0.3 is 4.98 Å².